The van der Waals surface area contributed by atoms with Crippen LogP contribution in [0.2, 0.25) is 10.2 Å². The lowest BCUT2D eigenvalue weighted by Gasteiger charge is -2.39. The van der Waals surface area contributed by atoms with Crippen molar-refractivity contribution in [2.45, 2.75) is 71.1 Å². The second-order valence-corrected chi connectivity index (χ2v) is 12.8. The molecular weight excluding hydrogens is 563 g/mol. The van der Waals surface area contributed by atoms with Crippen LogP contribution in [0.3, 0.4) is 0 Å². The maximum atomic E-state index is 13.5. The third-order valence-electron chi connectivity index (χ3n) is 7.79. The normalized spacial score (nSPS) is 18.0. The van der Waals surface area contributed by atoms with Crippen LogP contribution in [0.5, 0.6) is 0 Å². The van der Waals surface area contributed by atoms with Crippen LogP contribution in [0.15, 0.2) is 24.8 Å². The number of benzene rings is 1. The molecule has 1 aromatic carbocycles. The molecule has 0 spiro atoms. The predicted molar refractivity (Wildman–Crippen MR) is 164 cm³/mol. The minimum atomic E-state index is -0.334. The molecule has 0 unspecified atom stereocenters. The number of rotatable bonds is 8. The maximum Gasteiger partial charge on any atom is 0.271 e. The van der Waals surface area contributed by atoms with E-state index in [9.17, 15) is 9.59 Å². The number of amides is 2. The average molecular weight is 604 g/mol. The minimum absolute atomic E-state index is 0.0162. The molecule has 10 nitrogen and oxygen atoms in total. The van der Waals surface area contributed by atoms with Crippen molar-refractivity contribution in [3.8, 4) is 0 Å². The van der Waals surface area contributed by atoms with Gasteiger partial charge in [0.25, 0.3) is 5.91 Å². The van der Waals surface area contributed by atoms with Gasteiger partial charge in [0.1, 0.15) is 17.4 Å². The SMILES string of the molecule is C=CC(=O)N1CC(NC(=O)c2c(Cl)nc(CNC(=N)c3cc(C(C)(C)C)c(Cl)cc3N)n2[C@@H]2CCN(C(C)C)C2)C1. The van der Waals surface area contributed by atoms with Crippen LogP contribution in [-0.2, 0) is 16.8 Å². The molecule has 2 amide bonds. The Balaban J connectivity index is 1.58. The number of anilines is 1. The highest BCUT2D eigenvalue weighted by atomic mass is 35.5. The van der Waals surface area contributed by atoms with Gasteiger partial charge < -0.3 is 25.8 Å². The first-order chi connectivity index (χ1) is 19.2. The fourth-order valence-electron chi connectivity index (χ4n) is 5.39. The van der Waals surface area contributed by atoms with E-state index in [0.717, 1.165) is 25.1 Å². The van der Waals surface area contributed by atoms with E-state index < -0.39 is 0 Å². The lowest BCUT2D eigenvalue weighted by Crippen LogP contribution is -2.60. The number of hydrogen-bond acceptors (Lipinski definition) is 6. The summed E-state index contributed by atoms with van der Waals surface area (Å²) in [6, 6.07) is 3.69. The Bertz CT molecular complexity index is 1360. The number of aromatic nitrogens is 2. The van der Waals surface area contributed by atoms with Gasteiger partial charge >= 0.3 is 0 Å². The van der Waals surface area contributed by atoms with Crippen LogP contribution >= 0.6 is 23.2 Å². The van der Waals surface area contributed by atoms with Gasteiger partial charge in [0.05, 0.1) is 12.6 Å². The number of nitrogen functional groups attached to an aromatic ring is 1. The number of hydrogen-bond donors (Lipinski definition) is 4. The van der Waals surface area contributed by atoms with Gasteiger partial charge in [-0.1, -0.05) is 50.6 Å². The zero-order valence-corrected chi connectivity index (χ0v) is 25.9. The number of amidine groups is 1. The molecule has 5 N–H and O–H groups in total. The first-order valence-corrected chi connectivity index (χ1v) is 14.6. The van der Waals surface area contributed by atoms with Crippen LogP contribution in [0.4, 0.5) is 5.69 Å². The van der Waals surface area contributed by atoms with Crippen molar-refractivity contribution >= 4 is 46.5 Å². The number of nitrogens with one attached hydrogen (secondary N) is 3. The zero-order valence-electron chi connectivity index (χ0n) is 24.4. The second kappa shape index (κ2) is 12.0. The highest BCUT2D eigenvalue weighted by Gasteiger charge is 2.35. The summed E-state index contributed by atoms with van der Waals surface area (Å²) in [7, 11) is 0. The van der Waals surface area contributed by atoms with Gasteiger partial charge in [-0.15, -0.1) is 0 Å². The van der Waals surface area contributed by atoms with Crippen LogP contribution < -0.4 is 16.4 Å². The monoisotopic (exact) mass is 602 g/mol. The molecule has 2 aliphatic rings. The first-order valence-electron chi connectivity index (χ1n) is 13.9. The van der Waals surface area contributed by atoms with E-state index in [0.29, 0.717) is 46.9 Å². The highest BCUT2D eigenvalue weighted by molar-refractivity contribution is 6.32. The Hall–Kier alpha value is -3.08. The van der Waals surface area contributed by atoms with Gasteiger partial charge in [0.2, 0.25) is 5.91 Å². The molecule has 0 aliphatic carbocycles. The number of halogens is 2. The van der Waals surface area contributed by atoms with E-state index in [1.165, 1.54) is 6.08 Å². The van der Waals surface area contributed by atoms with E-state index in [4.69, 9.17) is 34.3 Å². The number of imidazole rings is 1. The number of nitrogens with zero attached hydrogens (tertiary/aromatic N) is 4. The molecule has 0 bridgehead atoms. The van der Waals surface area contributed by atoms with Crippen LogP contribution in [0, 0.1) is 5.41 Å². The largest absolute Gasteiger partial charge is 0.398 e. The summed E-state index contributed by atoms with van der Waals surface area (Å²) in [6.07, 6.45) is 2.10. The molecule has 12 heteroatoms. The van der Waals surface area contributed by atoms with E-state index in [1.54, 1.807) is 11.0 Å². The Labute approximate surface area is 251 Å². The smallest absolute Gasteiger partial charge is 0.271 e. The third-order valence-corrected chi connectivity index (χ3v) is 8.37. The van der Waals surface area contributed by atoms with Gasteiger partial charge in [0.15, 0.2) is 5.15 Å². The Morgan fingerprint density at radius 3 is 2.51 bits per heavy atom. The molecule has 2 aromatic rings. The van der Waals surface area contributed by atoms with Crippen molar-refractivity contribution in [2.75, 3.05) is 31.9 Å². The Kier molecular flexibility index (Phi) is 9.06. The summed E-state index contributed by atoms with van der Waals surface area (Å²) in [6.45, 7) is 16.6. The highest BCUT2D eigenvalue weighted by Crippen LogP contribution is 2.33. The van der Waals surface area contributed by atoms with Gasteiger partial charge in [-0.25, -0.2) is 4.98 Å². The average Bonchev–Trinajstić information content (AvgIpc) is 3.47. The quantitative estimate of drug-likeness (QED) is 0.156. The van der Waals surface area contributed by atoms with Crippen molar-refractivity contribution < 1.29 is 9.59 Å². The summed E-state index contributed by atoms with van der Waals surface area (Å²) in [5, 5.41) is 15.6. The third kappa shape index (κ3) is 6.55. The zero-order chi connectivity index (χ0) is 30.2. The molecule has 1 aromatic heterocycles. The van der Waals surface area contributed by atoms with Crippen molar-refractivity contribution in [1.29, 1.82) is 5.41 Å². The molecule has 4 rings (SSSR count). The number of nitrogens with two attached hydrogens (primary N) is 1. The van der Waals surface area contributed by atoms with Crippen molar-refractivity contribution in [3.63, 3.8) is 0 Å². The van der Waals surface area contributed by atoms with Crippen molar-refractivity contribution in [1.82, 2.24) is 30.0 Å². The van der Waals surface area contributed by atoms with Gasteiger partial charge in [0, 0.05) is 54.5 Å². The predicted octanol–water partition coefficient (Wildman–Crippen LogP) is 3.97. The molecule has 2 fully saturated rings. The fraction of sp³-hybridized carbons (Fsp3) is 0.517. The topological polar surface area (TPSA) is 132 Å². The van der Waals surface area contributed by atoms with Crippen LogP contribution in [-0.4, -0.2) is 75.3 Å². The molecule has 2 aliphatic heterocycles. The van der Waals surface area contributed by atoms with Gasteiger partial charge in [-0.05, 0) is 49.5 Å². The lowest BCUT2D eigenvalue weighted by atomic mass is 9.85. The molecule has 222 valence electrons. The Morgan fingerprint density at radius 2 is 1.93 bits per heavy atom. The van der Waals surface area contributed by atoms with Crippen molar-refractivity contribution in [3.05, 3.63) is 57.6 Å². The van der Waals surface area contributed by atoms with E-state index in [-0.39, 0.29) is 46.8 Å². The van der Waals surface area contributed by atoms with E-state index in [2.05, 4.69) is 61.7 Å². The second-order valence-electron chi connectivity index (χ2n) is 12.1. The Morgan fingerprint density at radius 1 is 1.24 bits per heavy atom. The maximum absolute atomic E-state index is 13.5. The summed E-state index contributed by atoms with van der Waals surface area (Å²) >= 11 is 13.1. The summed E-state index contributed by atoms with van der Waals surface area (Å²) in [5.41, 5.74) is 8.14. The first kappa shape index (κ1) is 30.9. The van der Waals surface area contributed by atoms with Gasteiger partial charge in [-0.2, -0.15) is 0 Å². The van der Waals surface area contributed by atoms with E-state index >= 15 is 0 Å². The van der Waals surface area contributed by atoms with E-state index in [1.807, 2.05) is 10.6 Å². The van der Waals surface area contributed by atoms with Gasteiger partial charge in [-0.3, -0.25) is 19.9 Å². The summed E-state index contributed by atoms with van der Waals surface area (Å²) < 4.78 is 1.91. The molecule has 1 atom stereocenters. The summed E-state index contributed by atoms with van der Waals surface area (Å²) in [5.74, 6) is 0.184. The number of likely N-dealkylation sites (tertiary alicyclic amines) is 2. The summed E-state index contributed by atoms with van der Waals surface area (Å²) in [4.78, 5) is 33.9. The number of carbonyl (C=O) groups excluding carboxylic acids is 2. The van der Waals surface area contributed by atoms with Crippen molar-refractivity contribution in [2.24, 2.45) is 0 Å². The standard InChI is InChI=1S/C29H40Cl2N8O2/c1-7-24(40)38-13-17(14-38)35-28(41)25-26(31)36-23(39(25)18-8-9-37(15-18)16(2)3)12-34-27(33)19-10-20(29(4,5)6)21(30)11-22(19)32/h7,10-11,16-18H,1,8-9,12-15,32H2,2-6H3,(H2,33,34)(H,35,41)/t18-/m1/s1. The fourth-order valence-corrected chi connectivity index (χ4v) is 6.12. The molecule has 0 radical (unpaired) electrons. The molecular formula is C29H40Cl2N8O2. The van der Waals surface area contributed by atoms with Crippen LogP contribution in [0.1, 0.15) is 74.5 Å². The molecule has 0 saturated carbocycles. The molecule has 41 heavy (non-hydrogen) atoms. The van der Waals surface area contributed by atoms with Crippen LogP contribution in [0.25, 0.3) is 0 Å². The minimum Gasteiger partial charge on any atom is -0.398 e. The molecule has 2 saturated heterocycles. The molecule has 3 heterocycles. The number of carbonyl (C=O) groups is 2. The lowest BCUT2D eigenvalue weighted by molar-refractivity contribution is -0.130.